The molecule has 0 aliphatic carbocycles. The summed E-state index contributed by atoms with van der Waals surface area (Å²) < 4.78 is 20.7. The summed E-state index contributed by atoms with van der Waals surface area (Å²) in [6.07, 6.45) is 3.86. The zero-order chi connectivity index (χ0) is 19.5. The third kappa shape index (κ3) is 3.41. The normalized spacial score (nSPS) is 10.9. The van der Waals surface area contributed by atoms with Crippen molar-refractivity contribution in [1.82, 2.24) is 30.5 Å². The topological polar surface area (TPSA) is 97.7 Å². The number of amides is 1. The molecular weight excluding hydrogens is 363 g/mol. The molecule has 0 spiro atoms. The van der Waals surface area contributed by atoms with Crippen LogP contribution in [0.15, 0.2) is 48.9 Å². The van der Waals surface area contributed by atoms with Gasteiger partial charge in [0.1, 0.15) is 17.9 Å². The molecular formula is C19H17FN6O2. The molecule has 9 heteroatoms. The number of hydrogen-bond acceptors (Lipinski definition) is 5. The monoisotopic (exact) mass is 380 g/mol. The van der Waals surface area contributed by atoms with Gasteiger partial charge in [-0.25, -0.2) is 9.07 Å². The van der Waals surface area contributed by atoms with E-state index < -0.39 is 11.7 Å². The number of H-pyrrole nitrogens is 1. The minimum absolute atomic E-state index is 0.0615. The number of rotatable bonds is 6. The van der Waals surface area contributed by atoms with E-state index in [0.29, 0.717) is 18.7 Å². The molecule has 28 heavy (non-hydrogen) atoms. The van der Waals surface area contributed by atoms with E-state index in [0.717, 1.165) is 22.2 Å². The van der Waals surface area contributed by atoms with Crippen molar-refractivity contribution in [2.75, 3.05) is 13.7 Å². The number of nitrogens with zero attached hydrogens (tertiary/aromatic N) is 4. The number of carbonyl (C=O) groups excluding carboxylic acids is 1. The van der Waals surface area contributed by atoms with Crippen LogP contribution >= 0.6 is 0 Å². The van der Waals surface area contributed by atoms with Crippen molar-refractivity contribution in [3.63, 3.8) is 0 Å². The van der Waals surface area contributed by atoms with Crippen LogP contribution < -0.4 is 10.1 Å². The quantitative estimate of drug-likeness (QED) is 0.535. The molecule has 2 aromatic carbocycles. The van der Waals surface area contributed by atoms with Crippen LogP contribution in [-0.2, 0) is 6.42 Å². The van der Waals surface area contributed by atoms with Crippen molar-refractivity contribution in [3.05, 3.63) is 65.9 Å². The maximum absolute atomic E-state index is 14.1. The van der Waals surface area contributed by atoms with Gasteiger partial charge in [0.2, 0.25) is 0 Å². The van der Waals surface area contributed by atoms with E-state index in [4.69, 9.17) is 4.74 Å². The molecule has 142 valence electrons. The van der Waals surface area contributed by atoms with E-state index in [1.807, 2.05) is 24.4 Å². The molecule has 4 rings (SSSR count). The number of benzene rings is 2. The molecule has 0 aliphatic rings. The third-order valence-corrected chi connectivity index (χ3v) is 4.46. The Morgan fingerprint density at radius 2 is 2.18 bits per heavy atom. The molecule has 0 unspecified atom stereocenters. The number of fused-ring (bicyclic) bond motifs is 1. The Morgan fingerprint density at radius 3 is 2.96 bits per heavy atom. The molecule has 2 aromatic heterocycles. The Kier molecular flexibility index (Phi) is 4.71. The van der Waals surface area contributed by atoms with Crippen molar-refractivity contribution in [2.24, 2.45) is 0 Å². The first-order chi connectivity index (χ1) is 13.7. The first-order valence-corrected chi connectivity index (χ1v) is 8.61. The van der Waals surface area contributed by atoms with Crippen molar-refractivity contribution in [1.29, 1.82) is 0 Å². The van der Waals surface area contributed by atoms with Crippen LogP contribution in [0.5, 0.6) is 5.75 Å². The second-order valence-corrected chi connectivity index (χ2v) is 6.15. The highest BCUT2D eigenvalue weighted by molar-refractivity contribution is 5.95. The first kappa shape index (κ1) is 17.7. The number of carbonyl (C=O) groups is 1. The average Bonchev–Trinajstić information content (AvgIpc) is 3.38. The van der Waals surface area contributed by atoms with Crippen molar-refractivity contribution in [2.45, 2.75) is 6.42 Å². The molecule has 2 heterocycles. The van der Waals surface area contributed by atoms with Crippen LogP contribution in [-0.4, -0.2) is 44.8 Å². The Balaban J connectivity index is 1.46. The number of aromatic amines is 1. The Morgan fingerprint density at radius 1 is 1.29 bits per heavy atom. The lowest BCUT2D eigenvalue weighted by Crippen LogP contribution is -2.26. The number of tetrazole rings is 1. The van der Waals surface area contributed by atoms with Crippen molar-refractivity contribution < 1.29 is 13.9 Å². The van der Waals surface area contributed by atoms with Crippen molar-refractivity contribution >= 4 is 16.8 Å². The van der Waals surface area contributed by atoms with Crippen LogP contribution in [0.2, 0.25) is 0 Å². The molecule has 8 nitrogen and oxygen atoms in total. The van der Waals surface area contributed by atoms with E-state index in [1.165, 1.54) is 29.2 Å². The fraction of sp³-hybridized carbons (Fsp3) is 0.158. The maximum Gasteiger partial charge on any atom is 0.254 e. The Labute approximate surface area is 159 Å². The van der Waals surface area contributed by atoms with Crippen LogP contribution in [0.4, 0.5) is 4.39 Å². The van der Waals surface area contributed by atoms with Gasteiger partial charge in [-0.3, -0.25) is 4.79 Å². The molecule has 2 N–H and O–H groups in total. The second kappa shape index (κ2) is 7.47. The van der Waals surface area contributed by atoms with Gasteiger partial charge in [0.25, 0.3) is 5.91 Å². The largest absolute Gasteiger partial charge is 0.497 e. The fourth-order valence-corrected chi connectivity index (χ4v) is 3.01. The van der Waals surface area contributed by atoms with Crippen LogP contribution in [0.3, 0.4) is 0 Å². The van der Waals surface area contributed by atoms with Gasteiger partial charge >= 0.3 is 0 Å². The number of nitrogens with one attached hydrogen (secondary N) is 2. The highest BCUT2D eigenvalue weighted by Gasteiger charge is 2.14. The first-order valence-electron chi connectivity index (χ1n) is 8.61. The standard InChI is InChI=1S/C19H17FN6O2/c1-28-14-3-5-18-15(9-14)12(10-22-18)6-7-21-19(27)16-8-13(2-4-17(16)20)26-11-23-24-25-26/h2-5,8-11,22H,6-7H2,1H3,(H,21,27). The van der Waals surface area contributed by atoms with Gasteiger partial charge in [-0.1, -0.05) is 0 Å². The van der Waals surface area contributed by atoms with Gasteiger partial charge in [0.15, 0.2) is 0 Å². The molecule has 0 bridgehead atoms. The van der Waals surface area contributed by atoms with Gasteiger partial charge in [-0.15, -0.1) is 5.10 Å². The van der Waals surface area contributed by atoms with Crippen LogP contribution in [0.1, 0.15) is 15.9 Å². The van der Waals surface area contributed by atoms with Crippen LogP contribution in [0.25, 0.3) is 16.6 Å². The van der Waals surface area contributed by atoms with E-state index in [-0.39, 0.29) is 5.56 Å². The lowest BCUT2D eigenvalue weighted by Gasteiger charge is -2.08. The molecule has 4 aromatic rings. The lowest BCUT2D eigenvalue weighted by atomic mass is 10.1. The SMILES string of the molecule is COc1ccc2[nH]cc(CCNC(=O)c3cc(-n4cnnn4)ccc3F)c2c1. The number of methoxy groups -OCH3 is 1. The molecule has 0 atom stereocenters. The number of hydrogen-bond donors (Lipinski definition) is 2. The fourth-order valence-electron chi connectivity index (χ4n) is 3.01. The van der Waals surface area contributed by atoms with E-state index >= 15 is 0 Å². The summed E-state index contributed by atoms with van der Waals surface area (Å²) in [6.45, 7) is 0.359. The summed E-state index contributed by atoms with van der Waals surface area (Å²) in [6, 6.07) is 9.90. The molecule has 1 amide bonds. The van der Waals surface area contributed by atoms with Gasteiger partial charge in [-0.2, -0.15) is 0 Å². The second-order valence-electron chi connectivity index (χ2n) is 6.15. The smallest absolute Gasteiger partial charge is 0.254 e. The molecule has 0 saturated carbocycles. The molecule has 0 fully saturated rings. The summed E-state index contributed by atoms with van der Waals surface area (Å²) in [5.41, 5.74) is 2.47. The molecule has 0 radical (unpaired) electrons. The van der Waals surface area contributed by atoms with Crippen molar-refractivity contribution in [3.8, 4) is 11.4 Å². The van der Waals surface area contributed by atoms with Gasteiger partial charge in [-0.05, 0) is 58.8 Å². The highest BCUT2D eigenvalue weighted by Crippen LogP contribution is 2.23. The highest BCUT2D eigenvalue weighted by atomic mass is 19.1. The molecule has 0 saturated heterocycles. The average molecular weight is 380 g/mol. The summed E-state index contributed by atoms with van der Waals surface area (Å²) >= 11 is 0. The summed E-state index contributed by atoms with van der Waals surface area (Å²) in [7, 11) is 1.62. The zero-order valence-corrected chi connectivity index (χ0v) is 15.0. The summed E-state index contributed by atoms with van der Waals surface area (Å²) in [4.78, 5) is 15.6. The van der Waals surface area contributed by atoms with E-state index in [9.17, 15) is 9.18 Å². The summed E-state index contributed by atoms with van der Waals surface area (Å²) in [5, 5.41) is 14.6. The summed E-state index contributed by atoms with van der Waals surface area (Å²) in [5.74, 6) is -0.338. The maximum atomic E-state index is 14.1. The third-order valence-electron chi connectivity index (χ3n) is 4.46. The van der Waals surface area contributed by atoms with E-state index in [1.54, 1.807) is 7.11 Å². The van der Waals surface area contributed by atoms with E-state index in [2.05, 4.69) is 25.8 Å². The lowest BCUT2D eigenvalue weighted by molar-refractivity contribution is 0.0950. The minimum atomic E-state index is -0.605. The Hall–Kier alpha value is -3.75. The van der Waals surface area contributed by atoms with Gasteiger partial charge in [0.05, 0.1) is 18.4 Å². The zero-order valence-electron chi connectivity index (χ0n) is 15.0. The predicted molar refractivity (Wildman–Crippen MR) is 100.0 cm³/mol. The Bertz CT molecular complexity index is 1120. The van der Waals surface area contributed by atoms with Gasteiger partial charge in [0, 0.05) is 23.6 Å². The number of aromatic nitrogens is 5. The van der Waals surface area contributed by atoms with Crippen LogP contribution in [0, 0.1) is 5.82 Å². The minimum Gasteiger partial charge on any atom is -0.497 e. The predicted octanol–water partition coefficient (Wildman–Crippen LogP) is 2.26. The van der Waals surface area contributed by atoms with Gasteiger partial charge < -0.3 is 15.0 Å². The number of ether oxygens (including phenoxy) is 1. The number of halogens is 1. The molecule has 0 aliphatic heterocycles.